The van der Waals surface area contributed by atoms with Crippen molar-refractivity contribution in [2.24, 2.45) is 11.8 Å². The van der Waals surface area contributed by atoms with Gasteiger partial charge in [-0.05, 0) is 12.3 Å². The van der Waals surface area contributed by atoms with Gasteiger partial charge in [-0.1, -0.05) is 13.8 Å². The first-order valence-electron chi connectivity index (χ1n) is 6.46. The Kier molecular flexibility index (Phi) is 3.36. The number of nitrogens with zero attached hydrogens (tertiary/aromatic N) is 2. The fraction of sp³-hybridized carbons (Fsp3) is 0.833. The summed E-state index contributed by atoms with van der Waals surface area (Å²) in [6.45, 7) is 5.77. The first kappa shape index (κ1) is 14.3. The van der Waals surface area contributed by atoms with E-state index in [1.165, 1.54) is 6.92 Å². The van der Waals surface area contributed by atoms with Crippen LogP contribution >= 0.6 is 0 Å². The quantitative estimate of drug-likeness (QED) is 0.719. The first-order chi connectivity index (χ1) is 8.66. The molecule has 0 bridgehead atoms. The Balaban J connectivity index is 2.46. The van der Waals surface area contributed by atoms with E-state index in [-0.39, 0.29) is 23.8 Å². The Morgan fingerprint density at radius 2 is 1.95 bits per heavy atom. The highest BCUT2D eigenvalue weighted by molar-refractivity contribution is 7.88. The van der Waals surface area contributed by atoms with Crippen molar-refractivity contribution in [1.29, 1.82) is 0 Å². The third kappa shape index (κ3) is 2.13. The van der Waals surface area contributed by atoms with Crippen LogP contribution in [0, 0.1) is 11.8 Å². The van der Waals surface area contributed by atoms with Gasteiger partial charge in [-0.15, -0.1) is 0 Å². The normalized spacial score (nSPS) is 31.2. The molecule has 3 unspecified atom stereocenters. The van der Waals surface area contributed by atoms with Crippen molar-refractivity contribution in [3.8, 4) is 0 Å². The van der Waals surface area contributed by atoms with Gasteiger partial charge in [0, 0.05) is 13.5 Å². The molecule has 2 aliphatic rings. The number of hydrogen-bond acceptors (Lipinski definition) is 4. The van der Waals surface area contributed by atoms with Gasteiger partial charge in [0.05, 0.1) is 24.3 Å². The van der Waals surface area contributed by atoms with Gasteiger partial charge in [-0.25, -0.2) is 12.7 Å². The van der Waals surface area contributed by atoms with Crippen LogP contribution in [0.25, 0.3) is 0 Å². The van der Waals surface area contributed by atoms with Crippen molar-refractivity contribution in [2.75, 3.05) is 12.8 Å². The van der Waals surface area contributed by atoms with Gasteiger partial charge in [0.2, 0.25) is 21.8 Å². The molecule has 2 heterocycles. The van der Waals surface area contributed by atoms with E-state index >= 15 is 0 Å². The topological polar surface area (TPSA) is 74.8 Å². The predicted octanol–water partition coefficient (Wildman–Crippen LogP) is 0.0498. The lowest BCUT2D eigenvalue weighted by Gasteiger charge is -2.28. The Hall–Kier alpha value is -1.11. The number of likely N-dealkylation sites (tertiary alicyclic amines) is 1. The molecule has 3 atom stereocenters. The maximum atomic E-state index is 12.4. The fourth-order valence-corrected chi connectivity index (χ4v) is 4.57. The highest BCUT2D eigenvalue weighted by Gasteiger charge is 2.57. The molecule has 0 aromatic heterocycles. The predicted molar refractivity (Wildman–Crippen MR) is 69.6 cm³/mol. The molecule has 2 amide bonds. The summed E-state index contributed by atoms with van der Waals surface area (Å²) in [6.07, 6.45) is 1.59. The summed E-state index contributed by atoms with van der Waals surface area (Å²) in [6, 6.07) is -0.696. The number of hydrogen-bond donors (Lipinski definition) is 0. The van der Waals surface area contributed by atoms with Crippen LogP contribution in [0.2, 0.25) is 0 Å². The average molecular weight is 288 g/mol. The van der Waals surface area contributed by atoms with E-state index < -0.39 is 22.0 Å². The summed E-state index contributed by atoms with van der Waals surface area (Å²) in [4.78, 5) is 25.7. The fourth-order valence-electron chi connectivity index (χ4n) is 3.40. The van der Waals surface area contributed by atoms with Crippen LogP contribution < -0.4 is 0 Å². The number of carbonyl (C=O) groups is 2. The SMILES string of the molecule is CC(=O)N1CCC2C1C(C(C)C)C(=O)N2S(C)(=O)=O. The maximum Gasteiger partial charge on any atom is 0.241 e. The molecule has 0 saturated carbocycles. The van der Waals surface area contributed by atoms with E-state index in [4.69, 9.17) is 0 Å². The van der Waals surface area contributed by atoms with Gasteiger partial charge in [0.15, 0.2) is 0 Å². The second-order valence-corrected chi connectivity index (χ2v) is 7.59. The van der Waals surface area contributed by atoms with Crippen LogP contribution in [0.1, 0.15) is 27.2 Å². The van der Waals surface area contributed by atoms with E-state index in [2.05, 4.69) is 0 Å². The molecular weight excluding hydrogens is 268 g/mol. The smallest absolute Gasteiger partial charge is 0.241 e. The lowest BCUT2D eigenvalue weighted by molar-refractivity contribution is -0.133. The molecule has 0 radical (unpaired) electrons. The maximum absolute atomic E-state index is 12.4. The lowest BCUT2D eigenvalue weighted by atomic mass is 9.88. The van der Waals surface area contributed by atoms with Gasteiger partial charge < -0.3 is 4.90 Å². The van der Waals surface area contributed by atoms with Gasteiger partial charge in [-0.3, -0.25) is 9.59 Å². The van der Waals surface area contributed by atoms with Gasteiger partial charge >= 0.3 is 0 Å². The van der Waals surface area contributed by atoms with Crippen LogP contribution in [0.3, 0.4) is 0 Å². The van der Waals surface area contributed by atoms with Crippen molar-refractivity contribution in [3.63, 3.8) is 0 Å². The molecule has 7 heteroatoms. The number of amides is 2. The second kappa shape index (κ2) is 4.47. The van der Waals surface area contributed by atoms with Crippen molar-refractivity contribution in [1.82, 2.24) is 9.21 Å². The zero-order valence-corrected chi connectivity index (χ0v) is 12.5. The molecule has 2 rings (SSSR count). The number of fused-ring (bicyclic) bond motifs is 1. The minimum Gasteiger partial charge on any atom is -0.337 e. The largest absolute Gasteiger partial charge is 0.337 e. The molecule has 2 fully saturated rings. The first-order valence-corrected chi connectivity index (χ1v) is 8.31. The van der Waals surface area contributed by atoms with Gasteiger partial charge in [0.25, 0.3) is 0 Å². The third-order valence-electron chi connectivity index (χ3n) is 4.07. The third-order valence-corrected chi connectivity index (χ3v) is 5.24. The van der Waals surface area contributed by atoms with E-state index in [9.17, 15) is 18.0 Å². The number of carbonyl (C=O) groups excluding carboxylic acids is 2. The van der Waals surface area contributed by atoms with Gasteiger partial charge in [-0.2, -0.15) is 0 Å². The molecule has 0 aliphatic carbocycles. The molecular formula is C12H20N2O4S. The molecule has 0 spiro atoms. The Labute approximate surface area is 113 Å². The number of sulfonamides is 1. The summed E-state index contributed by atoms with van der Waals surface area (Å²) >= 11 is 0. The van der Waals surface area contributed by atoms with E-state index in [0.717, 1.165) is 10.6 Å². The average Bonchev–Trinajstić information content (AvgIpc) is 2.70. The monoisotopic (exact) mass is 288 g/mol. The summed E-state index contributed by atoms with van der Waals surface area (Å²) in [7, 11) is -3.58. The van der Waals surface area contributed by atoms with Crippen LogP contribution in [0.5, 0.6) is 0 Å². The van der Waals surface area contributed by atoms with E-state index in [0.29, 0.717) is 13.0 Å². The van der Waals surface area contributed by atoms with Crippen LogP contribution in [0.4, 0.5) is 0 Å². The molecule has 108 valence electrons. The van der Waals surface area contributed by atoms with Crippen molar-refractivity contribution in [2.45, 2.75) is 39.3 Å². The summed E-state index contributed by atoms with van der Waals surface area (Å²) in [5, 5.41) is 0. The Morgan fingerprint density at radius 3 is 2.37 bits per heavy atom. The molecule has 0 aromatic rings. The van der Waals surface area contributed by atoms with E-state index in [1.54, 1.807) is 4.90 Å². The standard InChI is InChI=1S/C12H20N2O4S/c1-7(2)10-11-9(5-6-13(11)8(3)15)14(12(10)16)19(4,17)18/h7,9-11H,5-6H2,1-4H3. The second-order valence-electron chi connectivity index (χ2n) is 5.73. The highest BCUT2D eigenvalue weighted by atomic mass is 32.2. The molecule has 6 nitrogen and oxygen atoms in total. The highest BCUT2D eigenvalue weighted by Crippen LogP contribution is 2.41. The molecule has 0 N–H and O–H groups in total. The zero-order valence-electron chi connectivity index (χ0n) is 11.7. The summed E-state index contributed by atoms with van der Waals surface area (Å²) < 4.78 is 24.7. The zero-order chi connectivity index (χ0) is 14.5. The summed E-state index contributed by atoms with van der Waals surface area (Å²) in [5.74, 6) is -0.877. The van der Waals surface area contributed by atoms with Crippen LogP contribution in [-0.2, 0) is 19.6 Å². The Morgan fingerprint density at radius 1 is 1.37 bits per heavy atom. The van der Waals surface area contributed by atoms with Crippen LogP contribution in [0.15, 0.2) is 0 Å². The molecule has 19 heavy (non-hydrogen) atoms. The molecule has 0 aromatic carbocycles. The van der Waals surface area contributed by atoms with Crippen LogP contribution in [-0.4, -0.2) is 54.3 Å². The Bertz CT molecular complexity index is 514. The molecule has 2 aliphatic heterocycles. The lowest BCUT2D eigenvalue weighted by Crippen LogP contribution is -2.43. The minimum absolute atomic E-state index is 0.00620. The van der Waals surface area contributed by atoms with E-state index in [1.807, 2.05) is 13.8 Å². The van der Waals surface area contributed by atoms with Gasteiger partial charge in [0.1, 0.15) is 0 Å². The minimum atomic E-state index is -3.58. The van der Waals surface area contributed by atoms with Crippen molar-refractivity contribution < 1.29 is 18.0 Å². The molecule has 2 saturated heterocycles. The number of rotatable bonds is 2. The summed E-state index contributed by atoms with van der Waals surface area (Å²) in [5.41, 5.74) is 0. The van der Waals surface area contributed by atoms with Crippen molar-refractivity contribution >= 4 is 21.8 Å². The van der Waals surface area contributed by atoms with Crippen molar-refractivity contribution in [3.05, 3.63) is 0 Å².